The van der Waals surface area contributed by atoms with Gasteiger partial charge in [-0.05, 0) is 24.7 Å². The summed E-state index contributed by atoms with van der Waals surface area (Å²) in [5, 5.41) is -1.95. The Morgan fingerprint density at radius 2 is 1.33 bits per heavy atom. The van der Waals surface area contributed by atoms with Crippen LogP contribution in [0.25, 0.3) is 0 Å². The van der Waals surface area contributed by atoms with Gasteiger partial charge in [-0.15, -0.1) is 0 Å². The van der Waals surface area contributed by atoms with Gasteiger partial charge in [-0.25, -0.2) is 0 Å². The Labute approximate surface area is 223 Å². The van der Waals surface area contributed by atoms with Crippen molar-refractivity contribution < 1.29 is 63.0 Å². The van der Waals surface area contributed by atoms with Crippen LogP contribution in [-0.4, -0.2) is 67.3 Å². The van der Waals surface area contributed by atoms with Crippen molar-refractivity contribution in [3.8, 4) is 0 Å². The van der Waals surface area contributed by atoms with E-state index in [9.17, 15) is 22.6 Å². The van der Waals surface area contributed by atoms with Crippen molar-refractivity contribution in [2.75, 3.05) is 13.2 Å². The predicted octanol–water partition coefficient (Wildman–Crippen LogP) is 0.352. The maximum absolute atomic E-state index is 12.2. The standard InChI is InChI=1S/C20H38O7S.Na.Sn.3H/c1-5-9-11-16(7-3)14-26-19(21)13-18(28(23,24)25)20(22)27-15-17(8-4)12-10-6-2;;;;;/h16-18H,5-15H2,1-4H3,(H,23,24,25);;;;;/q;+1;;;;-1. The fraction of sp³-hybridized carbons (Fsp3) is 0.900. The van der Waals surface area contributed by atoms with Gasteiger partial charge in [0.25, 0.3) is 10.1 Å². The van der Waals surface area contributed by atoms with E-state index in [4.69, 9.17) is 9.47 Å². The summed E-state index contributed by atoms with van der Waals surface area (Å²) in [5.41, 5.74) is 0. The third-order valence-corrected chi connectivity index (χ3v) is 6.08. The Morgan fingerprint density at radius 3 is 1.70 bits per heavy atom. The SMILES string of the molecule is CCCCC(CC)COC(=O)CC(C(=O)OCC(CC)CCCC)S(=O)(=O)O.[H-].[Na+].[SnH2]. The normalized spacial score (nSPS) is 13.9. The summed E-state index contributed by atoms with van der Waals surface area (Å²) >= 11 is 0. The van der Waals surface area contributed by atoms with E-state index in [1.54, 1.807) is 0 Å². The maximum atomic E-state index is 12.2. The molecule has 0 amide bonds. The molecule has 2 radical (unpaired) electrons. The minimum absolute atomic E-state index is 0. The van der Waals surface area contributed by atoms with Crippen molar-refractivity contribution in [3.63, 3.8) is 0 Å². The average molecular weight is 567 g/mol. The van der Waals surface area contributed by atoms with Crippen LogP contribution < -0.4 is 29.6 Å². The van der Waals surface area contributed by atoms with E-state index in [0.717, 1.165) is 51.4 Å². The molecule has 0 heterocycles. The van der Waals surface area contributed by atoms with Gasteiger partial charge in [0.15, 0.2) is 5.25 Å². The zero-order valence-corrected chi connectivity index (χ0v) is 26.4. The van der Waals surface area contributed by atoms with E-state index < -0.39 is 33.7 Å². The molecule has 0 saturated heterocycles. The van der Waals surface area contributed by atoms with Crippen molar-refractivity contribution in [1.82, 2.24) is 0 Å². The Hall–Kier alpha value is 0.649. The van der Waals surface area contributed by atoms with Gasteiger partial charge in [-0.3, -0.25) is 14.1 Å². The topological polar surface area (TPSA) is 107 Å². The Balaban J connectivity index is -0.00000121. The number of carbonyl (C=O) groups excluding carboxylic acids is 2. The number of unbranched alkanes of at least 4 members (excludes halogenated alkanes) is 2. The summed E-state index contributed by atoms with van der Waals surface area (Å²) in [7, 11) is -4.76. The fourth-order valence-corrected chi connectivity index (χ4v) is 3.48. The molecule has 0 spiro atoms. The third-order valence-electron chi connectivity index (χ3n) is 5.00. The first-order valence-electron chi connectivity index (χ1n) is 10.5. The molecule has 0 saturated carbocycles. The molecule has 3 atom stereocenters. The Kier molecular flexibility index (Phi) is 23.8. The van der Waals surface area contributed by atoms with E-state index in [0.29, 0.717) is 0 Å². The van der Waals surface area contributed by atoms with E-state index in [1.165, 1.54) is 0 Å². The van der Waals surface area contributed by atoms with Crippen LogP contribution >= 0.6 is 0 Å². The molecule has 0 aromatic rings. The molecule has 7 nitrogen and oxygen atoms in total. The summed E-state index contributed by atoms with van der Waals surface area (Å²) in [6.07, 6.45) is 6.74. The fourth-order valence-electron chi connectivity index (χ4n) is 2.82. The quantitative estimate of drug-likeness (QED) is 0.163. The molecule has 30 heavy (non-hydrogen) atoms. The Bertz CT molecular complexity index is 564. The number of rotatable bonds is 16. The zero-order valence-electron chi connectivity index (χ0n) is 20.5. The van der Waals surface area contributed by atoms with Crippen LogP contribution in [0.2, 0.25) is 0 Å². The van der Waals surface area contributed by atoms with E-state index in [1.807, 2.05) is 13.8 Å². The number of hydrogen-bond donors (Lipinski definition) is 1. The summed E-state index contributed by atoms with van der Waals surface area (Å²) in [4.78, 5) is 24.2. The molecule has 0 aliphatic rings. The number of ether oxygens (including phenoxy) is 2. The van der Waals surface area contributed by atoms with Crippen molar-refractivity contribution in [2.24, 2.45) is 11.8 Å². The van der Waals surface area contributed by atoms with Gasteiger partial charge in [-0.1, -0.05) is 66.2 Å². The molecule has 0 rings (SSSR count). The first kappa shape index (κ1) is 35.2. The van der Waals surface area contributed by atoms with Gasteiger partial charge in [0, 0.05) is 0 Å². The molecule has 10 heteroatoms. The van der Waals surface area contributed by atoms with Crippen molar-refractivity contribution in [1.29, 1.82) is 0 Å². The summed E-state index contributed by atoms with van der Waals surface area (Å²) in [6, 6.07) is 0. The van der Waals surface area contributed by atoms with Crippen LogP contribution in [0.5, 0.6) is 0 Å². The van der Waals surface area contributed by atoms with Crippen LogP contribution in [0.1, 0.15) is 86.9 Å². The first-order chi connectivity index (χ1) is 13.2. The van der Waals surface area contributed by atoms with Crippen LogP contribution in [0.4, 0.5) is 0 Å². The van der Waals surface area contributed by atoms with E-state index in [2.05, 4.69) is 13.8 Å². The van der Waals surface area contributed by atoms with Crippen molar-refractivity contribution in [2.45, 2.75) is 90.7 Å². The molecule has 0 aliphatic carbocycles. The first-order valence-corrected chi connectivity index (χ1v) is 12.0. The zero-order chi connectivity index (χ0) is 21.6. The molecular formula is C20H41NaO7SSn. The van der Waals surface area contributed by atoms with E-state index in [-0.39, 0.29) is 79.9 Å². The predicted molar refractivity (Wildman–Crippen MR) is 118 cm³/mol. The van der Waals surface area contributed by atoms with Crippen molar-refractivity contribution in [3.05, 3.63) is 0 Å². The molecule has 0 aliphatic heterocycles. The number of carbonyl (C=O) groups is 2. The molecule has 0 aromatic carbocycles. The van der Waals surface area contributed by atoms with Gasteiger partial charge in [0.1, 0.15) is 0 Å². The van der Waals surface area contributed by atoms with Gasteiger partial charge in [-0.2, -0.15) is 8.42 Å². The van der Waals surface area contributed by atoms with E-state index >= 15 is 0 Å². The number of hydrogen-bond acceptors (Lipinski definition) is 6. The Morgan fingerprint density at radius 1 is 0.900 bits per heavy atom. The molecule has 1 N–H and O–H groups in total. The van der Waals surface area contributed by atoms with Crippen LogP contribution in [-0.2, 0) is 29.2 Å². The second-order valence-corrected chi connectivity index (χ2v) is 8.95. The second-order valence-electron chi connectivity index (χ2n) is 7.35. The molecule has 0 bridgehead atoms. The van der Waals surface area contributed by atoms with Crippen LogP contribution in [0.3, 0.4) is 0 Å². The summed E-state index contributed by atoms with van der Waals surface area (Å²) in [5.74, 6) is -1.61. The molecule has 0 fully saturated rings. The van der Waals surface area contributed by atoms with Crippen molar-refractivity contribution >= 4 is 46.0 Å². The van der Waals surface area contributed by atoms with Gasteiger partial charge < -0.3 is 10.9 Å². The number of esters is 2. The molecule has 3 unspecified atom stereocenters. The van der Waals surface area contributed by atoms with Crippen LogP contribution in [0, 0.1) is 11.8 Å². The van der Waals surface area contributed by atoms with Crippen LogP contribution in [0.15, 0.2) is 0 Å². The molecule has 174 valence electrons. The van der Waals surface area contributed by atoms with Gasteiger partial charge >= 0.3 is 65.4 Å². The van der Waals surface area contributed by atoms with Gasteiger partial charge in [0.05, 0.1) is 19.6 Å². The monoisotopic (exact) mass is 568 g/mol. The van der Waals surface area contributed by atoms with Gasteiger partial charge in [0.2, 0.25) is 0 Å². The third kappa shape index (κ3) is 16.3. The minimum atomic E-state index is -4.76. The summed E-state index contributed by atoms with van der Waals surface area (Å²) < 4.78 is 42.8. The average Bonchev–Trinajstić information content (AvgIpc) is 2.65. The summed E-state index contributed by atoms with van der Waals surface area (Å²) in [6.45, 7) is 8.35. The molecule has 0 aromatic heterocycles. The molecular weight excluding hydrogens is 526 g/mol. The second kappa shape index (κ2) is 20.3.